The minimum Gasteiger partial charge on any atom is -0.384 e. The highest BCUT2D eigenvalue weighted by molar-refractivity contribution is 7.16. The van der Waals surface area contributed by atoms with Crippen molar-refractivity contribution < 1.29 is 14.4 Å². The van der Waals surface area contributed by atoms with Gasteiger partial charge in [0.25, 0.3) is 5.91 Å². The summed E-state index contributed by atoms with van der Waals surface area (Å²) in [4.78, 5) is 31.3. The predicted octanol–water partition coefficient (Wildman–Crippen LogP) is 5.77. The molecular weight excluding hydrogens is 479 g/mol. The number of nitrogens with one attached hydrogen (secondary N) is 1. The second-order valence-corrected chi connectivity index (χ2v) is 9.58. The van der Waals surface area contributed by atoms with E-state index in [9.17, 15) is 9.59 Å². The third-order valence-electron chi connectivity index (χ3n) is 4.86. The lowest BCUT2D eigenvalue weighted by Crippen LogP contribution is -2.29. The Morgan fingerprint density at radius 3 is 2.61 bits per heavy atom. The van der Waals surface area contributed by atoms with Crippen molar-refractivity contribution in [2.24, 2.45) is 5.16 Å². The summed E-state index contributed by atoms with van der Waals surface area (Å²) in [6.45, 7) is 3.67. The summed E-state index contributed by atoms with van der Waals surface area (Å²) in [5.41, 5.74) is 1.49. The van der Waals surface area contributed by atoms with E-state index in [0.29, 0.717) is 33.5 Å². The van der Waals surface area contributed by atoms with Crippen LogP contribution < -0.4 is 5.32 Å². The highest BCUT2D eigenvalue weighted by Gasteiger charge is 2.38. The average molecular weight is 498 g/mol. The van der Waals surface area contributed by atoms with Crippen LogP contribution in [0, 0.1) is 19.3 Å². The maximum absolute atomic E-state index is 12.5. The number of rotatable bonds is 7. The van der Waals surface area contributed by atoms with E-state index in [-0.39, 0.29) is 29.7 Å². The topological polar surface area (TPSA) is 67.8 Å². The smallest absolute Gasteiger partial charge is 0.262 e. The maximum Gasteiger partial charge on any atom is 0.262 e. The molecule has 0 fully saturated rings. The summed E-state index contributed by atoms with van der Waals surface area (Å²) in [6.07, 6.45) is 6.23. The van der Waals surface area contributed by atoms with Gasteiger partial charge in [-0.15, -0.1) is 23.7 Å². The van der Waals surface area contributed by atoms with Crippen molar-refractivity contribution in [3.05, 3.63) is 54.1 Å². The standard InChI is InChI=1S/C22H19Cl3N2O3S/c1-4-5-6-14(28)11-26-21(29)20-12(2)7-18(31-20)17-10-22(3,30-27-17)13-8-15(23)19(25)16(24)9-13/h1,7-9H,5-6,10-11H2,2-3H3,(H,26,29). The lowest BCUT2D eigenvalue weighted by Gasteiger charge is -2.22. The summed E-state index contributed by atoms with van der Waals surface area (Å²) in [5.74, 6) is 2.00. The Balaban J connectivity index is 1.72. The van der Waals surface area contributed by atoms with Crippen molar-refractivity contribution in [2.75, 3.05) is 6.54 Å². The zero-order valence-electron chi connectivity index (χ0n) is 16.9. The molecule has 2 aromatic rings. The fourth-order valence-electron chi connectivity index (χ4n) is 3.10. The maximum atomic E-state index is 12.5. The van der Waals surface area contributed by atoms with Crippen molar-refractivity contribution in [1.82, 2.24) is 5.32 Å². The summed E-state index contributed by atoms with van der Waals surface area (Å²) in [6, 6.07) is 5.31. The van der Waals surface area contributed by atoms with Crippen LogP contribution >= 0.6 is 46.1 Å². The molecule has 0 aliphatic carbocycles. The lowest BCUT2D eigenvalue weighted by molar-refractivity contribution is -0.118. The molecule has 0 saturated heterocycles. The van der Waals surface area contributed by atoms with E-state index in [0.717, 1.165) is 16.0 Å². The Hall–Kier alpha value is -2.04. The van der Waals surface area contributed by atoms with Gasteiger partial charge in [0.1, 0.15) is 5.71 Å². The first-order chi connectivity index (χ1) is 14.6. The van der Waals surface area contributed by atoms with Gasteiger partial charge in [0.05, 0.1) is 31.4 Å². The minimum absolute atomic E-state index is 0.0482. The first-order valence-corrected chi connectivity index (χ1v) is 11.3. The van der Waals surface area contributed by atoms with Gasteiger partial charge in [0, 0.05) is 24.8 Å². The monoisotopic (exact) mass is 496 g/mol. The molecule has 1 aromatic heterocycles. The highest BCUT2D eigenvalue weighted by atomic mass is 35.5. The zero-order chi connectivity index (χ0) is 22.8. The molecule has 1 N–H and O–H groups in total. The second kappa shape index (κ2) is 9.62. The molecule has 1 atom stereocenters. The van der Waals surface area contributed by atoms with E-state index in [2.05, 4.69) is 16.4 Å². The number of Topliss-reactive ketones (excluding diaryl/α,β-unsaturated/α-hetero) is 1. The molecule has 1 aliphatic heterocycles. The molecule has 162 valence electrons. The number of carbonyl (C=O) groups is 2. The van der Waals surface area contributed by atoms with Gasteiger partial charge < -0.3 is 10.2 Å². The van der Waals surface area contributed by atoms with Crippen LogP contribution in [0.15, 0.2) is 23.4 Å². The fourth-order valence-corrected chi connectivity index (χ4v) is 4.76. The highest BCUT2D eigenvalue weighted by Crippen LogP contribution is 2.41. The van der Waals surface area contributed by atoms with Crippen molar-refractivity contribution >= 4 is 63.5 Å². The molecule has 0 bridgehead atoms. The molecule has 0 radical (unpaired) electrons. The largest absolute Gasteiger partial charge is 0.384 e. The van der Waals surface area contributed by atoms with Gasteiger partial charge >= 0.3 is 0 Å². The van der Waals surface area contributed by atoms with Crippen molar-refractivity contribution in [3.63, 3.8) is 0 Å². The van der Waals surface area contributed by atoms with Crippen LogP contribution in [0.3, 0.4) is 0 Å². The van der Waals surface area contributed by atoms with Gasteiger partial charge in [-0.05, 0) is 37.6 Å². The van der Waals surface area contributed by atoms with E-state index in [4.69, 9.17) is 46.1 Å². The summed E-state index contributed by atoms with van der Waals surface area (Å²) < 4.78 is 0. The number of amides is 1. The molecule has 0 spiro atoms. The second-order valence-electron chi connectivity index (χ2n) is 7.34. The van der Waals surface area contributed by atoms with Crippen LogP contribution in [-0.4, -0.2) is 23.9 Å². The van der Waals surface area contributed by atoms with Crippen LogP contribution in [-0.2, 0) is 15.2 Å². The lowest BCUT2D eigenvalue weighted by atomic mass is 9.90. The van der Waals surface area contributed by atoms with E-state index in [1.807, 2.05) is 19.9 Å². The van der Waals surface area contributed by atoms with E-state index < -0.39 is 5.60 Å². The van der Waals surface area contributed by atoms with Crippen LogP contribution in [0.25, 0.3) is 0 Å². The van der Waals surface area contributed by atoms with E-state index >= 15 is 0 Å². The Morgan fingerprint density at radius 2 is 1.97 bits per heavy atom. The first kappa shape index (κ1) is 23.6. The molecule has 0 saturated carbocycles. The van der Waals surface area contributed by atoms with Crippen LogP contribution in [0.2, 0.25) is 15.1 Å². The predicted molar refractivity (Wildman–Crippen MR) is 126 cm³/mol. The average Bonchev–Trinajstić information content (AvgIpc) is 3.32. The van der Waals surface area contributed by atoms with Gasteiger partial charge in [-0.2, -0.15) is 0 Å². The number of halogens is 3. The number of hydrogen-bond acceptors (Lipinski definition) is 5. The molecule has 1 unspecified atom stereocenters. The summed E-state index contributed by atoms with van der Waals surface area (Å²) in [7, 11) is 0. The van der Waals surface area contributed by atoms with Crippen LogP contribution in [0.1, 0.15) is 51.9 Å². The number of benzene rings is 1. The Labute approximate surface area is 199 Å². The van der Waals surface area contributed by atoms with Crippen molar-refractivity contribution in [2.45, 2.75) is 38.7 Å². The number of ketones is 1. The fraction of sp³-hybridized carbons (Fsp3) is 0.318. The molecule has 1 amide bonds. The molecule has 2 heterocycles. The number of aryl methyl sites for hydroxylation is 1. The molecule has 9 heteroatoms. The Kier molecular flexibility index (Phi) is 7.33. The Bertz CT molecular complexity index is 1100. The number of thiophene rings is 1. The summed E-state index contributed by atoms with van der Waals surface area (Å²) in [5, 5.41) is 7.86. The van der Waals surface area contributed by atoms with Gasteiger partial charge in [-0.3, -0.25) is 9.59 Å². The van der Waals surface area contributed by atoms with Gasteiger partial charge in [0.2, 0.25) is 0 Å². The molecule has 1 aromatic carbocycles. The first-order valence-electron chi connectivity index (χ1n) is 9.39. The molecule has 1 aliphatic rings. The molecule has 3 rings (SSSR count). The van der Waals surface area contributed by atoms with E-state index in [1.165, 1.54) is 11.3 Å². The normalized spacial score (nSPS) is 17.6. The van der Waals surface area contributed by atoms with Gasteiger partial charge in [0.15, 0.2) is 11.4 Å². The number of nitrogens with zero attached hydrogens (tertiary/aromatic N) is 1. The molecule has 31 heavy (non-hydrogen) atoms. The number of terminal acetylenes is 1. The van der Waals surface area contributed by atoms with E-state index in [1.54, 1.807) is 12.1 Å². The van der Waals surface area contributed by atoms with Gasteiger partial charge in [-0.1, -0.05) is 40.0 Å². The van der Waals surface area contributed by atoms with Crippen LogP contribution in [0.5, 0.6) is 0 Å². The van der Waals surface area contributed by atoms with Crippen LogP contribution in [0.4, 0.5) is 0 Å². The molecule has 5 nitrogen and oxygen atoms in total. The van der Waals surface area contributed by atoms with Gasteiger partial charge in [-0.25, -0.2) is 0 Å². The Morgan fingerprint density at radius 1 is 1.29 bits per heavy atom. The third kappa shape index (κ3) is 5.24. The quantitative estimate of drug-likeness (QED) is 0.390. The molecular formula is C22H19Cl3N2O3S. The minimum atomic E-state index is -0.767. The van der Waals surface area contributed by atoms with Crippen molar-refractivity contribution in [1.29, 1.82) is 0 Å². The van der Waals surface area contributed by atoms with Crippen molar-refractivity contribution in [3.8, 4) is 12.3 Å². The zero-order valence-corrected chi connectivity index (χ0v) is 19.9. The number of hydrogen-bond donors (Lipinski definition) is 1. The summed E-state index contributed by atoms with van der Waals surface area (Å²) >= 11 is 19.7. The number of oxime groups is 1. The number of carbonyl (C=O) groups excluding carboxylic acids is 2. The SMILES string of the molecule is C#CCCC(=O)CNC(=O)c1sc(C2=NOC(C)(c3cc(Cl)c(Cl)c(Cl)c3)C2)cc1C. The third-order valence-corrected chi connectivity index (χ3v) is 7.34.